The van der Waals surface area contributed by atoms with Gasteiger partial charge in [-0.1, -0.05) is 127 Å². The quantitative estimate of drug-likeness (QED) is 0.0921. The molecule has 160 valence electrons. The summed E-state index contributed by atoms with van der Waals surface area (Å²) < 4.78 is 0. The molecule has 0 atom stereocenters. The van der Waals surface area contributed by atoms with Gasteiger partial charge in [0.2, 0.25) is 0 Å². The van der Waals surface area contributed by atoms with E-state index in [4.69, 9.17) is 0 Å². The Morgan fingerprint density at radius 1 is 0.621 bits per heavy atom. The second-order valence-corrected chi connectivity index (χ2v) is 8.20. The van der Waals surface area contributed by atoms with Crippen LogP contribution in [0.25, 0.3) is 0 Å². The monoisotopic (exact) mass is 450 g/mol. The van der Waals surface area contributed by atoms with Gasteiger partial charge in [-0.25, -0.2) is 0 Å². The second kappa shape index (κ2) is 20.5. The van der Waals surface area contributed by atoms with Gasteiger partial charge in [0.05, 0.1) is 6.42 Å². The molecular formula is C26H42O2Zn. The molecule has 0 aliphatic rings. The summed E-state index contributed by atoms with van der Waals surface area (Å²) in [7, 11) is 0. The Labute approximate surface area is 192 Å². The van der Waals surface area contributed by atoms with E-state index in [1.54, 1.807) is 12.1 Å². The zero-order valence-corrected chi connectivity index (χ0v) is 21.9. The van der Waals surface area contributed by atoms with Gasteiger partial charge in [0, 0.05) is 31.5 Å². The standard InChI is InChI=1S/C26H42O2.Zn/c1-2-3-4-5-6-7-8-9-10-11-12-13-14-15-19-22-25(27)23-26(28)24-20-17-16-18-21-24;/h16-18,20-21H,2-15,19,22-23H2,1H3;. The van der Waals surface area contributed by atoms with Gasteiger partial charge in [0.15, 0.2) is 5.78 Å². The van der Waals surface area contributed by atoms with E-state index in [9.17, 15) is 9.59 Å². The predicted octanol–water partition coefficient (Wildman–Crippen LogP) is 8.09. The maximum absolute atomic E-state index is 12.0. The van der Waals surface area contributed by atoms with Crippen LogP contribution in [0.5, 0.6) is 0 Å². The predicted molar refractivity (Wildman–Crippen MR) is 120 cm³/mol. The molecule has 0 amide bonds. The Kier molecular flexibility index (Phi) is 19.9. The average Bonchev–Trinajstić information content (AvgIpc) is 2.71. The van der Waals surface area contributed by atoms with Crippen LogP contribution in [0.3, 0.4) is 0 Å². The van der Waals surface area contributed by atoms with Gasteiger partial charge in [-0.15, -0.1) is 0 Å². The van der Waals surface area contributed by atoms with Crippen molar-refractivity contribution in [2.24, 2.45) is 0 Å². The number of carbonyl (C=O) groups excluding carboxylic acids is 2. The SMILES string of the molecule is CCCCCCCCCCCCCCCCCC(=O)CC(=O)c1ccccc1.[Zn]. The molecule has 1 aromatic carbocycles. The van der Waals surface area contributed by atoms with Crippen LogP contribution < -0.4 is 0 Å². The van der Waals surface area contributed by atoms with Crippen molar-refractivity contribution in [1.29, 1.82) is 0 Å². The number of benzene rings is 1. The molecule has 0 N–H and O–H groups in total. The topological polar surface area (TPSA) is 34.1 Å². The zero-order chi connectivity index (χ0) is 20.3. The van der Waals surface area contributed by atoms with Crippen molar-refractivity contribution in [1.82, 2.24) is 0 Å². The van der Waals surface area contributed by atoms with Crippen molar-refractivity contribution in [3.63, 3.8) is 0 Å². The van der Waals surface area contributed by atoms with Crippen LogP contribution in [-0.4, -0.2) is 11.6 Å². The zero-order valence-electron chi connectivity index (χ0n) is 18.9. The fraction of sp³-hybridized carbons (Fsp3) is 0.692. The third-order valence-corrected chi connectivity index (χ3v) is 5.51. The van der Waals surface area contributed by atoms with Crippen LogP contribution in [0.15, 0.2) is 30.3 Å². The number of ketones is 2. The number of carbonyl (C=O) groups is 2. The smallest absolute Gasteiger partial charge is 0.170 e. The molecule has 1 aromatic rings. The maximum Gasteiger partial charge on any atom is 0.170 e. The molecule has 1 rings (SSSR count). The minimum Gasteiger partial charge on any atom is -0.299 e. The summed E-state index contributed by atoms with van der Waals surface area (Å²) >= 11 is 0. The van der Waals surface area contributed by atoms with E-state index in [0.717, 1.165) is 12.8 Å². The minimum absolute atomic E-state index is 0. The molecule has 0 spiro atoms. The Hall–Kier alpha value is -0.817. The van der Waals surface area contributed by atoms with E-state index in [0.29, 0.717) is 12.0 Å². The van der Waals surface area contributed by atoms with E-state index >= 15 is 0 Å². The van der Waals surface area contributed by atoms with Crippen molar-refractivity contribution >= 4 is 11.6 Å². The summed E-state index contributed by atoms with van der Waals surface area (Å²) in [5.41, 5.74) is 0.646. The van der Waals surface area contributed by atoms with Gasteiger partial charge >= 0.3 is 0 Å². The summed E-state index contributed by atoms with van der Waals surface area (Å²) in [6.45, 7) is 2.27. The van der Waals surface area contributed by atoms with E-state index in [1.807, 2.05) is 18.2 Å². The van der Waals surface area contributed by atoms with Gasteiger partial charge < -0.3 is 0 Å². The van der Waals surface area contributed by atoms with Gasteiger partial charge in [-0.2, -0.15) is 0 Å². The second-order valence-electron chi connectivity index (χ2n) is 8.20. The summed E-state index contributed by atoms with van der Waals surface area (Å²) in [6, 6.07) is 9.12. The van der Waals surface area contributed by atoms with Gasteiger partial charge in [-0.3, -0.25) is 9.59 Å². The summed E-state index contributed by atoms with van der Waals surface area (Å²) in [6.07, 6.45) is 20.5. The van der Waals surface area contributed by atoms with Gasteiger partial charge in [0.1, 0.15) is 5.78 Å². The summed E-state index contributed by atoms with van der Waals surface area (Å²) in [5, 5.41) is 0. The third kappa shape index (κ3) is 16.6. The molecule has 3 heteroatoms. The molecule has 2 nitrogen and oxygen atoms in total. The first kappa shape index (κ1) is 28.2. The third-order valence-electron chi connectivity index (χ3n) is 5.51. The average molecular weight is 452 g/mol. The van der Waals surface area contributed by atoms with E-state index < -0.39 is 0 Å². The number of unbranched alkanes of at least 4 members (excludes halogenated alkanes) is 14. The molecule has 0 saturated heterocycles. The molecule has 29 heavy (non-hydrogen) atoms. The Balaban J connectivity index is 0.00000784. The molecule has 0 bridgehead atoms. The molecule has 0 unspecified atom stereocenters. The van der Waals surface area contributed by atoms with Gasteiger partial charge in [-0.05, 0) is 6.42 Å². The first-order valence-corrected chi connectivity index (χ1v) is 11.8. The van der Waals surface area contributed by atoms with Gasteiger partial charge in [0.25, 0.3) is 0 Å². The van der Waals surface area contributed by atoms with Crippen molar-refractivity contribution in [3.05, 3.63) is 35.9 Å². The Morgan fingerprint density at radius 2 is 1.03 bits per heavy atom. The van der Waals surface area contributed by atoms with Crippen LogP contribution >= 0.6 is 0 Å². The van der Waals surface area contributed by atoms with Crippen molar-refractivity contribution in [2.75, 3.05) is 0 Å². The van der Waals surface area contributed by atoms with Crippen LogP contribution in [0.2, 0.25) is 0 Å². The van der Waals surface area contributed by atoms with Crippen LogP contribution in [-0.2, 0) is 24.3 Å². The molecule has 0 aromatic heterocycles. The fourth-order valence-corrected chi connectivity index (χ4v) is 3.69. The fourth-order valence-electron chi connectivity index (χ4n) is 3.69. The molecule has 0 aliphatic carbocycles. The number of Topliss-reactive ketones (excluding diaryl/α,β-unsaturated/α-hetero) is 2. The summed E-state index contributed by atoms with van der Waals surface area (Å²) in [4.78, 5) is 23.9. The molecule has 0 heterocycles. The largest absolute Gasteiger partial charge is 0.299 e. The normalized spacial score (nSPS) is 10.5. The van der Waals surface area contributed by atoms with Crippen LogP contribution in [0.1, 0.15) is 126 Å². The van der Waals surface area contributed by atoms with Crippen molar-refractivity contribution in [2.45, 2.75) is 116 Å². The molecule has 0 fully saturated rings. The first-order chi connectivity index (χ1) is 13.7. The van der Waals surface area contributed by atoms with Crippen LogP contribution in [0, 0.1) is 0 Å². The number of rotatable bonds is 19. The van der Waals surface area contributed by atoms with E-state index in [1.165, 1.54) is 83.5 Å². The molecule has 0 aliphatic heterocycles. The Bertz CT molecular complexity index is 513. The van der Waals surface area contributed by atoms with E-state index in [-0.39, 0.29) is 37.5 Å². The molecule has 0 radical (unpaired) electrons. The van der Waals surface area contributed by atoms with Crippen LogP contribution in [0.4, 0.5) is 0 Å². The molecular weight excluding hydrogens is 410 g/mol. The maximum atomic E-state index is 12.0. The number of hydrogen-bond acceptors (Lipinski definition) is 2. The minimum atomic E-state index is -0.0495. The van der Waals surface area contributed by atoms with Crippen molar-refractivity contribution < 1.29 is 29.1 Å². The van der Waals surface area contributed by atoms with E-state index in [2.05, 4.69) is 6.92 Å². The molecule has 0 saturated carbocycles. The summed E-state index contributed by atoms with van der Waals surface area (Å²) in [5.74, 6) is 0.0371. The van der Waals surface area contributed by atoms with Crippen molar-refractivity contribution in [3.8, 4) is 0 Å². The Morgan fingerprint density at radius 3 is 1.48 bits per heavy atom. The number of hydrogen-bond donors (Lipinski definition) is 0. The first-order valence-electron chi connectivity index (χ1n) is 11.8.